The first-order chi connectivity index (χ1) is 13.1. The molecule has 0 bridgehead atoms. The van der Waals surface area contributed by atoms with Gasteiger partial charge in [0.15, 0.2) is 5.96 Å². The maximum atomic E-state index is 13.0. The van der Waals surface area contributed by atoms with Crippen molar-refractivity contribution in [3.8, 4) is 0 Å². The van der Waals surface area contributed by atoms with Gasteiger partial charge in [-0.25, -0.2) is 4.39 Å². The highest BCUT2D eigenvalue weighted by molar-refractivity contribution is 14.0. The standard InChI is InChI=1S/C21H25FN4O.HI/c1-23-21(25(2)15-16-9-11-18(22)12-10-16)24-14-20(27)26-13-5-7-17-6-3-4-8-19(17)26;/h3-4,6,8-12H,5,7,13-15H2,1-2H3,(H,23,24);1H. The van der Waals surface area contributed by atoms with E-state index in [0.717, 1.165) is 30.6 Å². The van der Waals surface area contributed by atoms with Crippen molar-refractivity contribution in [3.05, 3.63) is 65.5 Å². The number of rotatable bonds is 4. The molecule has 1 amide bonds. The van der Waals surface area contributed by atoms with Gasteiger partial charge in [-0.15, -0.1) is 24.0 Å². The zero-order valence-electron chi connectivity index (χ0n) is 16.2. The smallest absolute Gasteiger partial charge is 0.246 e. The Hall–Kier alpha value is -2.16. The van der Waals surface area contributed by atoms with Gasteiger partial charge in [0.25, 0.3) is 0 Å². The van der Waals surface area contributed by atoms with Crippen LogP contribution in [0.1, 0.15) is 17.5 Å². The molecular formula is C21H26FIN4O. The van der Waals surface area contributed by atoms with E-state index in [-0.39, 0.29) is 42.2 Å². The molecule has 150 valence electrons. The van der Waals surface area contributed by atoms with E-state index in [4.69, 9.17) is 0 Å². The summed E-state index contributed by atoms with van der Waals surface area (Å²) in [6.07, 6.45) is 1.98. The second-order valence-electron chi connectivity index (χ2n) is 6.66. The van der Waals surface area contributed by atoms with Crippen molar-refractivity contribution in [3.63, 3.8) is 0 Å². The van der Waals surface area contributed by atoms with Crippen LogP contribution in [0.2, 0.25) is 0 Å². The van der Waals surface area contributed by atoms with Crippen molar-refractivity contribution in [1.29, 1.82) is 0 Å². The van der Waals surface area contributed by atoms with E-state index in [1.54, 1.807) is 19.2 Å². The summed E-state index contributed by atoms with van der Waals surface area (Å²) in [5, 5.41) is 3.14. The molecule has 0 spiro atoms. The molecule has 1 aliphatic rings. The highest BCUT2D eigenvalue weighted by Gasteiger charge is 2.22. The maximum absolute atomic E-state index is 13.0. The van der Waals surface area contributed by atoms with Crippen LogP contribution in [0.25, 0.3) is 0 Å². The molecule has 1 aliphatic heterocycles. The van der Waals surface area contributed by atoms with Crippen LogP contribution in [0.4, 0.5) is 10.1 Å². The third-order valence-corrected chi connectivity index (χ3v) is 4.72. The van der Waals surface area contributed by atoms with Crippen molar-refractivity contribution < 1.29 is 9.18 Å². The van der Waals surface area contributed by atoms with E-state index in [2.05, 4.69) is 16.4 Å². The first-order valence-electron chi connectivity index (χ1n) is 9.13. The largest absolute Gasteiger partial charge is 0.347 e. The SMILES string of the molecule is CN=C(NCC(=O)N1CCCc2ccccc21)N(C)Cc1ccc(F)cc1.I. The number of para-hydroxylation sites is 1. The highest BCUT2D eigenvalue weighted by atomic mass is 127. The van der Waals surface area contributed by atoms with Crippen LogP contribution in [0.3, 0.4) is 0 Å². The van der Waals surface area contributed by atoms with Crippen LogP contribution >= 0.6 is 24.0 Å². The summed E-state index contributed by atoms with van der Waals surface area (Å²) in [5.41, 5.74) is 3.19. The maximum Gasteiger partial charge on any atom is 0.246 e. The zero-order chi connectivity index (χ0) is 19.2. The molecule has 0 saturated carbocycles. The number of carbonyl (C=O) groups excluding carboxylic acids is 1. The number of amides is 1. The molecule has 5 nitrogen and oxygen atoms in total. The Labute approximate surface area is 182 Å². The lowest BCUT2D eigenvalue weighted by Crippen LogP contribution is -2.46. The van der Waals surface area contributed by atoms with Crippen molar-refractivity contribution in [1.82, 2.24) is 10.2 Å². The molecule has 1 heterocycles. The van der Waals surface area contributed by atoms with Gasteiger partial charge in [-0.05, 0) is 42.2 Å². The first kappa shape index (κ1) is 22.1. The van der Waals surface area contributed by atoms with E-state index in [0.29, 0.717) is 12.5 Å². The molecule has 28 heavy (non-hydrogen) atoms. The number of guanidine groups is 1. The van der Waals surface area contributed by atoms with Gasteiger partial charge in [0.05, 0.1) is 6.54 Å². The summed E-state index contributed by atoms with van der Waals surface area (Å²) in [6, 6.07) is 14.4. The number of hydrogen-bond acceptors (Lipinski definition) is 2. The molecule has 2 aromatic rings. The van der Waals surface area contributed by atoms with Crippen molar-refractivity contribution in [2.24, 2.45) is 4.99 Å². The third-order valence-electron chi connectivity index (χ3n) is 4.72. The molecule has 0 radical (unpaired) electrons. The van der Waals surface area contributed by atoms with E-state index >= 15 is 0 Å². The van der Waals surface area contributed by atoms with Gasteiger partial charge < -0.3 is 15.1 Å². The van der Waals surface area contributed by atoms with E-state index in [9.17, 15) is 9.18 Å². The Morgan fingerprint density at radius 1 is 1.21 bits per heavy atom. The molecule has 7 heteroatoms. The number of fused-ring (bicyclic) bond motifs is 1. The Morgan fingerprint density at radius 3 is 2.64 bits per heavy atom. The van der Waals surface area contributed by atoms with Crippen LogP contribution in [0.5, 0.6) is 0 Å². The third kappa shape index (κ3) is 5.43. The molecular weight excluding hydrogens is 470 g/mol. The molecule has 0 unspecified atom stereocenters. The number of aryl methyl sites for hydroxylation is 1. The number of benzene rings is 2. The van der Waals surface area contributed by atoms with Gasteiger partial charge in [-0.1, -0.05) is 30.3 Å². The average Bonchev–Trinajstić information content (AvgIpc) is 2.69. The summed E-state index contributed by atoms with van der Waals surface area (Å²) in [5.74, 6) is 0.396. The minimum atomic E-state index is -0.253. The summed E-state index contributed by atoms with van der Waals surface area (Å²) in [6.45, 7) is 1.48. The van der Waals surface area contributed by atoms with Crippen LogP contribution in [0, 0.1) is 5.82 Å². The topological polar surface area (TPSA) is 47.9 Å². The number of anilines is 1. The quantitative estimate of drug-likeness (QED) is 0.401. The van der Waals surface area contributed by atoms with Crippen molar-refractivity contribution in [2.75, 3.05) is 32.1 Å². The lowest BCUT2D eigenvalue weighted by atomic mass is 10.0. The fourth-order valence-electron chi connectivity index (χ4n) is 3.37. The average molecular weight is 496 g/mol. The van der Waals surface area contributed by atoms with E-state index in [1.165, 1.54) is 17.7 Å². The van der Waals surface area contributed by atoms with Gasteiger partial charge in [0.2, 0.25) is 5.91 Å². The molecule has 0 aromatic heterocycles. The van der Waals surface area contributed by atoms with Crippen LogP contribution in [-0.4, -0.2) is 44.0 Å². The number of carbonyl (C=O) groups is 1. The van der Waals surface area contributed by atoms with Gasteiger partial charge in [-0.3, -0.25) is 9.79 Å². The fourth-order valence-corrected chi connectivity index (χ4v) is 3.37. The Balaban J connectivity index is 0.00000280. The number of aliphatic imine (C=N–C) groups is 1. The Bertz CT molecular complexity index is 825. The number of nitrogens with zero attached hydrogens (tertiary/aromatic N) is 3. The first-order valence-corrected chi connectivity index (χ1v) is 9.13. The van der Waals surface area contributed by atoms with Crippen LogP contribution < -0.4 is 10.2 Å². The van der Waals surface area contributed by atoms with E-state index < -0.39 is 0 Å². The molecule has 1 N–H and O–H groups in total. The second-order valence-corrected chi connectivity index (χ2v) is 6.66. The molecule has 0 atom stereocenters. The lowest BCUT2D eigenvalue weighted by molar-refractivity contribution is -0.117. The molecule has 3 rings (SSSR count). The zero-order valence-corrected chi connectivity index (χ0v) is 18.5. The van der Waals surface area contributed by atoms with E-state index in [1.807, 2.05) is 35.0 Å². The van der Waals surface area contributed by atoms with Crippen LogP contribution in [0.15, 0.2) is 53.5 Å². The molecule has 0 fully saturated rings. The van der Waals surface area contributed by atoms with Gasteiger partial charge in [-0.2, -0.15) is 0 Å². The molecule has 0 saturated heterocycles. The molecule has 2 aromatic carbocycles. The fraction of sp³-hybridized carbons (Fsp3) is 0.333. The second kappa shape index (κ2) is 10.4. The predicted molar refractivity (Wildman–Crippen MR) is 122 cm³/mol. The predicted octanol–water partition coefficient (Wildman–Crippen LogP) is 3.43. The Kier molecular flexibility index (Phi) is 8.22. The minimum absolute atomic E-state index is 0. The van der Waals surface area contributed by atoms with Gasteiger partial charge >= 0.3 is 0 Å². The summed E-state index contributed by atoms with van der Waals surface area (Å²) in [4.78, 5) is 20.8. The highest BCUT2D eigenvalue weighted by Crippen LogP contribution is 2.26. The van der Waals surface area contributed by atoms with Crippen molar-refractivity contribution in [2.45, 2.75) is 19.4 Å². The minimum Gasteiger partial charge on any atom is -0.347 e. The normalized spacial score (nSPS) is 13.4. The van der Waals surface area contributed by atoms with Gasteiger partial charge in [0, 0.05) is 32.9 Å². The number of nitrogens with one attached hydrogen (secondary N) is 1. The Morgan fingerprint density at radius 2 is 1.93 bits per heavy atom. The summed E-state index contributed by atoms with van der Waals surface area (Å²) in [7, 11) is 3.57. The van der Waals surface area contributed by atoms with Crippen molar-refractivity contribution >= 4 is 41.5 Å². The van der Waals surface area contributed by atoms with Gasteiger partial charge in [0.1, 0.15) is 5.82 Å². The summed E-state index contributed by atoms with van der Waals surface area (Å²) < 4.78 is 13.0. The number of hydrogen-bond donors (Lipinski definition) is 1. The molecule has 0 aliphatic carbocycles. The summed E-state index contributed by atoms with van der Waals surface area (Å²) >= 11 is 0. The van der Waals surface area contributed by atoms with Crippen LogP contribution in [-0.2, 0) is 17.8 Å². The lowest BCUT2D eigenvalue weighted by Gasteiger charge is -2.30. The number of halogens is 2. The monoisotopic (exact) mass is 496 g/mol.